The standard InChI is InChI=1S/C30H37F3O3/c1-3-5-19-6-8-20(9-7-19)24-16-17-25(29(33)28(24)32)21-10-12-22(13-11-21)36-30(34)26-15-14-23(35-4-2)18-27(26)31/h14-22H,3-13H2,1-2H3. The Morgan fingerprint density at radius 2 is 1.42 bits per heavy atom. The summed E-state index contributed by atoms with van der Waals surface area (Å²) in [4.78, 5) is 12.5. The molecule has 0 radical (unpaired) electrons. The van der Waals surface area contributed by atoms with Crippen LogP contribution in [0.1, 0.15) is 111 Å². The van der Waals surface area contributed by atoms with E-state index in [9.17, 15) is 9.18 Å². The average Bonchev–Trinajstić information content (AvgIpc) is 2.87. The van der Waals surface area contributed by atoms with E-state index < -0.39 is 23.4 Å². The summed E-state index contributed by atoms with van der Waals surface area (Å²) in [6.07, 6.45) is 8.27. The lowest BCUT2D eigenvalue weighted by atomic mass is 9.76. The van der Waals surface area contributed by atoms with Gasteiger partial charge < -0.3 is 9.47 Å². The first-order chi connectivity index (χ1) is 17.4. The Hall–Kier alpha value is -2.50. The van der Waals surface area contributed by atoms with Crippen molar-refractivity contribution in [2.24, 2.45) is 5.92 Å². The molecule has 0 bridgehead atoms. The minimum atomic E-state index is -0.722. The number of halogens is 3. The molecule has 3 nitrogen and oxygen atoms in total. The Kier molecular flexibility index (Phi) is 8.97. The Labute approximate surface area is 212 Å². The summed E-state index contributed by atoms with van der Waals surface area (Å²) >= 11 is 0. The van der Waals surface area contributed by atoms with E-state index in [1.165, 1.54) is 31.0 Å². The van der Waals surface area contributed by atoms with Crippen LogP contribution in [0.5, 0.6) is 5.75 Å². The molecule has 0 amide bonds. The fourth-order valence-corrected chi connectivity index (χ4v) is 6.00. The van der Waals surface area contributed by atoms with Gasteiger partial charge in [-0.15, -0.1) is 0 Å². The van der Waals surface area contributed by atoms with Gasteiger partial charge in [0.15, 0.2) is 11.6 Å². The lowest BCUT2D eigenvalue weighted by Gasteiger charge is -2.31. The number of hydrogen-bond acceptors (Lipinski definition) is 3. The summed E-state index contributed by atoms with van der Waals surface area (Å²) < 4.78 is 55.3. The van der Waals surface area contributed by atoms with Crippen molar-refractivity contribution in [1.29, 1.82) is 0 Å². The SMILES string of the molecule is CCCC1CCC(c2ccc(C3CCC(OC(=O)c4ccc(OCC)cc4F)CC3)c(F)c2F)CC1. The van der Waals surface area contributed by atoms with Crippen molar-refractivity contribution in [2.75, 3.05) is 6.61 Å². The summed E-state index contributed by atoms with van der Waals surface area (Å²) in [5.41, 5.74) is 0.803. The van der Waals surface area contributed by atoms with E-state index in [0.717, 1.165) is 25.7 Å². The molecule has 36 heavy (non-hydrogen) atoms. The van der Waals surface area contributed by atoms with Crippen LogP contribution in [0.25, 0.3) is 0 Å². The lowest BCUT2D eigenvalue weighted by molar-refractivity contribution is 0.0189. The molecule has 4 rings (SSSR count). The van der Waals surface area contributed by atoms with Gasteiger partial charge >= 0.3 is 5.97 Å². The van der Waals surface area contributed by atoms with Crippen LogP contribution in [-0.4, -0.2) is 18.7 Å². The molecule has 0 heterocycles. The van der Waals surface area contributed by atoms with Gasteiger partial charge in [-0.25, -0.2) is 18.0 Å². The van der Waals surface area contributed by atoms with Gasteiger partial charge in [-0.05, 0) is 99.3 Å². The molecule has 2 aromatic rings. The van der Waals surface area contributed by atoms with Crippen LogP contribution < -0.4 is 4.74 Å². The maximum absolute atomic E-state index is 15.1. The minimum absolute atomic E-state index is 0.0970. The Morgan fingerprint density at radius 3 is 1.94 bits per heavy atom. The largest absolute Gasteiger partial charge is 0.494 e. The molecule has 0 spiro atoms. The fraction of sp³-hybridized carbons (Fsp3) is 0.567. The minimum Gasteiger partial charge on any atom is -0.494 e. The van der Waals surface area contributed by atoms with Crippen LogP contribution >= 0.6 is 0 Å². The maximum atomic E-state index is 15.1. The van der Waals surface area contributed by atoms with Gasteiger partial charge in [0.2, 0.25) is 0 Å². The van der Waals surface area contributed by atoms with Crippen LogP contribution in [0.2, 0.25) is 0 Å². The first-order valence-electron chi connectivity index (χ1n) is 13.5. The molecular formula is C30H37F3O3. The van der Waals surface area contributed by atoms with Gasteiger partial charge in [0.1, 0.15) is 17.7 Å². The first-order valence-corrected chi connectivity index (χ1v) is 13.5. The van der Waals surface area contributed by atoms with E-state index in [0.29, 0.717) is 55.1 Å². The molecule has 6 heteroatoms. The molecule has 2 fully saturated rings. The molecule has 0 aromatic heterocycles. The van der Waals surface area contributed by atoms with Crippen molar-refractivity contribution in [2.45, 2.75) is 96.0 Å². The Bertz CT molecular complexity index is 1040. The van der Waals surface area contributed by atoms with Gasteiger partial charge in [-0.3, -0.25) is 0 Å². The zero-order valence-electron chi connectivity index (χ0n) is 21.3. The number of carbonyl (C=O) groups is 1. The van der Waals surface area contributed by atoms with E-state index in [1.54, 1.807) is 19.1 Å². The average molecular weight is 503 g/mol. The summed E-state index contributed by atoms with van der Waals surface area (Å²) in [7, 11) is 0. The molecule has 0 aliphatic heterocycles. The van der Waals surface area contributed by atoms with Crippen molar-refractivity contribution in [3.8, 4) is 5.75 Å². The second-order valence-electron chi connectivity index (χ2n) is 10.3. The van der Waals surface area contributed by atoms with Gasteiger partial charge in [-0.2, -0.15) is 0 Å². The maximum Gasteiger partial charge on any atom is 0.341 e. The highest BCUT2D eigenvalue weighted by atomic mass is 19.2. The number of carbonyl (C=O) groups excluding carboxylic acids is 1. The van der Waals surface area contributed by atoms with Crippen LogP contribution in [0.3, 0.4) is 0 Å². The second-order valence-corrected chi connectivity index (χ2v) is 10.3. The van der Waals surface area contributed by atoms with Crippen LogP contribution in [0, 0.1) is 23.4 Å². The van der Waals surface area contributed by atoms with Crippen LogP contribution in [0.4, 0.5) is 13.2 Å². The normalized spacial score (nSPS) is 24.4. The highest BCUT2D eigenvalue weighted by Crippen LogP contribution is 2.41. The number of hydrogen-bond donors (Lipinski definition) is 0. The van der Waals surface area contributed by atoms with Crippen LogP contribution in [-0.2, 0) is 4.74 Å². The zero-order chi connectivity index (χ0) is 25.7. The summed E-state index contributed by atoms with van der Waals surface area (Å²) in [5, 5.41) is 0. The number of benzene rings is 2. The predicted molar refractivity (Wildman–Crippen MR) is 134 cm³/mol. The van der Waals surface area contributed by atoms with Crippen molar-refractivity contribution in [1.82, 2.24) is 0 Å². The summed E-state index contributed by atoms with van der Waals surface area (Å²) in [6, 6.07) is 7.63. The molecule has 0 unspecified atom stereocenters. The third-order valence-electron chi connectivity index (χ3n) is 7.98. The molecule has 0 atom stereocenters. The predicted octanol–water partition coefficient (Wildman–Crippen LogP) is 8.46. The van der Waals surface area contributed by atoms with Crippen molar-refractivity contribution in [3.05, 3.63) is 64.5 Å². The summed E-state index contributed by atoms with van der Waals surface area (Å²) in [6.45, 7) is 4.39. The number of rotatable bonds is 8. The van der Waals surface area contributed by atoms with E-state index in [-0.39, 0.29) is 23.5 Å². The molecule has 196 valence electrons. The van der Waals surface area contributed by atoms with Crippen molar-refractivity contribution in [3.63, 3.8) is 0 Å². The van der Waals surface area contributed by atoms with E-state index >= 15 is 8.78 Å². The Morgan fingerprint density at radius 1 is 0.833 bits per heavy atom. The Balaban J connectivity index is 1.33. The fourth-order valence-electron chi connectivity index (χ4n) is 6.00. The summed E-state index contributed by atoms with van der Waals surface area (Å²) in [5.74, 6) is -1.76. The molecule has 2 aromatic carbocycles. The third kappa shape index (κ3) is 6.07. The number of ether oxygens (including phenoxy) is 2. The van der Waals surface area contributed by atoms with Crippen LogP contribution in [0.15, 0.2) is 30.3 Å². The van der Waals surface area contributed by atoms with Gasteiger partial charge in [0.25, 0.3) is 0 Å². The molecule has 2 aliphatic carbocycles. The monoisotopic (exact) mass is 502 g/mol. The molecular weight excluding hydrogens is 465 g/mol. The smallest absolute Gasteiger partial charge is 0.341 e. The van der Waals surface area contributed by atoms with Crippen molar-refractivity contribution < 1.29 is 27.4 Å². The van der Waals surface area contributed by atoms with E-state index in [2.05, 4.69) is 6.92 Å². The zero-order valence-corrected chi connectivity index (χ0v) is 21.3. The first kappa shape index (κ1) is 26.6. The highest BCUT2D eigenvalue weighted by molar-refractivity contribution is 5.90. The number of esters is 1. The van der Waals surface area contributed by atoms with Gasteiger partial charge in [0, 0.05) is 6.07 Å². The van der Waals surface area contributed by atoms with Gasteiger partial charge in [-0.1, -0.05) is 31.9 Å². The van der Waals surface area contributed by atoms with E-state index in [1.807, 2.05) is 0 Å². The molecule has 0 N–H and O–H groups in total. The topological polar surface area (TPSA) is 35.5 Å². The molecule has 2 saturated carbocycles. The quantitative estimate of drug-likeness (QED) is 0.340. The highest BCUT2D eigenvalue weighted by Gasteiger charge is 2.31. The molecule has 0 saturated heterocycles. The second kappa shape index (κ2) is 12.2. The van der Waals surface area contributed by atoms with Crippen molar-refractivity contribution >= 4 is 5.97 Å². The van der Waals surface area contributed by atoms with Gasteiger partial charge in [0.05, 0.1) is 12.2 Å². The lowest BCUT2D eigenvalue weighted by Crippen LogP contribution is -2.25. The van der Waals surface area contributed by atoms with E-state index in [4.69, 9.17) is 9.47 Å². The molecule has 2 aliphatic rings. The third-order valence-corrected chi connectivity index (χ3v) is 7.98.